The summed E-state index contributed by atoms with van der Waals surface area (Å²) >= 11 is 13.3. The van der Waals surface area contributed by atoms with Crippen LogP contribution in [0, 0.1) is 0 Å². The number of benzene rings is 1. The van der Waals surface area contributed by atoms with Crippen molar-refractivity contribution < 1.29 is 4.79 Å². The average molecular weight is 341 g/mol. The number of aromatic nitrogens is 1. The van der Waals surface area contributed by atoms with Crippen molar-refractivity contribution in [1.82, 2.24) is 9.88 Å². The van der Waals surface area contributed by atoms with E-state index < -0.39 is 0 Å². The zero-order chi connectivity index (χ0) is 15.2. The first-order chi connectivity index (χ1) is 10.1. The molecule has 0 spiro atoms. The van der Waals surface area contributed by atoms with Crippen LogP contribution in [0.5, 0.6) is 0 Å². The highest BCUT2D eigenvalue weighted by Crippen LogP contribution is 2.23. The van der Waals surface area contributed by atoms with E-state index in [1.807, 2.05) is 24.3 Å². The summed E-state index contributed by atoms with van der Waals surface area (Å²) in [6.45, 7) is 0.499. The quantitative estimate of drug-likeness (QED) is 0.767. The van der Waals surface area contributed by atoms with Crippen molar-refractivity contribution in [3.05, 3.63) is 58.2 Å². The molecule has 0 radical (unpaired) electrons. The predicted octanol–water partition coefficient (Wildman–Crippen LogP) is 4.14. The molecule has 0 aliphatic rings. The van der Waals surface area contributed by atoms with Crippen LogP contribution in [0.25, 0.3) is 0 Å². The van der Waals surface area contributed by atoms with Gasteiger partial charge in [-0.15, -0.1) is 0 Å². The van der Waals surface area contributed by atoms with Crippen molar-refractivity contribution in [3.8, 4) is 0 Å². The second-order valence-electron chi connectivity index (χ2n) is 4.45. The van der Waals surface area contributed by atoms with Gasteiger partial charge in [0.1, 0.15) is 0 Å². The number of rotatable bonds is 5. The molecule has 0 aliphatic carbocycles. The third-order valence-electron chi connectivity index (χ3n) is 2.81. The van der Waals surface area contributed by atoms with Crippen molar-refractivity contribution in [1.29, 1.82) is 0 Å². The zero-order valence-electron chi connectivity index (χ0n) is 11.4. The molecule has 1 aromatic carbocycles. The molecule has 0 N–H and O–H groups in total. The second kappa shape index (κ2) is 7.69. The predicted molar refractivity (Wildman–Crippen MR) is 87.9 cm³/mol. The number of nitrogens with zero attached hydrogens (tertiary/aromatic N) is 2. The first kappa shape index (κ1) is 16.1. The number of carbonyl (C=O) groups is 1. The molecule has 1 aromatic heterocycles. The van der Waals surface area contributed by atoms with Gasteiger partial charge in [-0.2, -0.15) is 0 Å². The Balaban J connectivity index is 1.88. The molecule has 0 saturated heterocycles. The van der Waals surface area contributed by atoms with E-state index in [0.29, 0.717) is 22.3 Å². The topological polar surface area (TPSA) is 33.2 Å². The maximum atomic E-state index is 12.1. The van der Waals surface area contributed by atoms with Crippen LogP contribution in [0.4, 0.5) is 0 Å². The molecule has 0 aliphatic heterocycles. The van der Waals surface area contributed by atoms with E-state index in [-0.39, 0.29) is 5.91 Å². The van der Waals surface area contributed by atoms with Gasteiger partial charge in [-0.25, -0.2) is 4.98 Å². The van der Waals surface area contributed by atoms with Crippen molar-refractivity contribution in [2.24, 2.45) is 0 Å². The van der Waals surface area contributed by atoms with E-state index in [4.69, 9.17) is 23.2 Å². The molecule has 21 heavy (non-hydrogen) atoms. The molecule has 1 heterocycles. The Labute approximate surface area is 138 Å². The third-order valence-corrected chi connectivity index (χ3v) is 4.48. The van der Waals surface area contributed by atoms with E-state index in [9.17, 15) is 4.79 Å². The average Bonchev–Trinajstić information content (AvgIpc) is 2.49. The lowest BCUT2D eigenvalue weighted by Crippen LogP contribution is -2.27. The fraction of sp³-hybridized carbons (Fsp3) is 0.200. The zero-order valence-corrected chi connectivity index (χ0v) is 13.8. The summed E-state index contributed by atoms with van der Waals surface area (Å²) in [7, 11) is 1.77. The van der Waals surface area contributed by atoms with Crippen LogP contribution in [0.2, 0.25) is 10.0 Å². The fourth-order valence-corrected chi connectivity index (χ4v) is 2.80. The van der Waals surface area contributed by atoms with E-state index >= 15 is 0 Å². The monoisotopic (exact) mass is 340 g/mol. The number of amides is 1. The number of carbonyl (C=O) groups excluding carboxylic acids is 1. The Bertz CT molecular complexity index is 622. The Morgan fingerprint density at radius 3 is 2.71 bits per heavy atom. The van der Waals surface area contributed by atoms with Gasteiger partial charge >= 0.3 is 0 Å². The van der Waals surface area contributed by atoms with Crippen LogP contribution in [-0.2, 0) is 11.3 Å². The smallest absolute Gasteiger partial charge is 0.233 e. The summed E-state index contributed by atoms with van der Waals surface area (Å²) in [5.41, 5.74) is 0.947. The number of thioether (sulfide) groups is 1. The first-order valence-electron chi connectivity index (χ1n) is 6.28. The van der Waals surface area contributed by atoms with E-state index in [1.165, 1.54) is 11.8 Å². The van der Waals surface area contributed by atoms with Gasteiger partial charge in [-0.1, -0.05) is 47.1 Å². The highest BCUT2D eigenvalue weighted by molar-refractivity contribution is 7.99. The number of pyridine rings is 1. The van der Waals surface area contributed by atoms with Crippen LogP contribution < -0.4 is 0 Å². The highest BCUT2D eigenvalue weighted by Gasteiger charge is 2.11. The molecule has 0 bridgehead atoms. The summed E-state index contributed by atoms with van der Waals surface area (Å²) in [6.07, 6.45) is 1.71. The summed E-state index contributed by atoms with van der Waals surface area (Å²) in [5.74, 6) is 0.395. The lowest BCUT2D eigenvalue weighted by Gasteiger charge is -2.17. The maximum Gasteiger partial charge on any atom is 0.233 e. The molecule has 2 aromatic rings. The molecular formula is C15H14Cl2N2OS. The second-order valence-corrected chi connectivity index (χ2v) is 6.26. The minimum absolute atomic E-state index is 0.0386. The van der Waals surface area contributed by atoms with Gasteiger partial charge in [0, 0.05) is 19.8 Å². The lowest BCUT2D eigenvalue weighted by molar-refractivity contribution is -0.127. The van der Waals surface area contributed by atoms with Gasteiger partial charge < -0.3 is 4.90 Å². The van der Waals surface area contributed by atoms with E-state index in [2.05, 4.69) is 4.98 Å². The molecule has 0 fully saturated rings. The van der Waals surface area contributed by atoms with Crippen LogP contribution in [0.1, 0.15) is 5.56 Å². The highest BCUT2D eigenvalue weighted by atomic mass is 35.5. The van der Waals surface area contributed by atoms with Crippen molar-refractivity contribution in [3.63, 3.8) is 0 Å². The van der Waals surface area contributed by atoms with E-state index in [0.717, 1.165) is 10.6 Å². The molecule has 1 amide bonds. The minimum Gasteiger partial charge on any atom is -0.341 e. The molecule has 110 valence electrons. The van der Waals surface area contributed by atoms with Crippen molar-refractivity contribution in [2.75, 3.05) is 12.8 Å². The lowest BCUT2D eigenvalue weighted by atomic mass is 10.2. The maximum absolute atomic E-state index is 12.1. The number of hydrogen-bond donors (Lipinski definition) is 0. The first-order valence-corrected chi connectivity index (χ1v) is 8.02. The van der Waals surface area contributed by atoms with Gasteiger partial charge in [-0.3, -0.25) is 4.79 Å². The molecule has 0 atom stereocenters. The Hall–Kier alpha value is -1.23. The summed E-state index contributed by atoms with van der Waals surface area (Å²) in [5, 5.41) is 1.85. The van der Waals surface area contributed by atoms with Gasteiger partial charge in [0.2, 0.25) is 5.91 Å². The van der Waals surface area contributed by atoms with Crippen molar-refractivity contribution in [2.45, 2.75) is 11.6 Å². The molecule has 0 saturated carbocycles. The summed E-state index contributed by atoms with van der Waals surface area (Å²) < 4.78 is 0. The van der Waals surface area contributed by atoms with Crippen LogP contribution >= 0.6 is 35.0 Å². The van der Waals surface area contributed by atoms with Crippen molar-refractivity contribution >= 4 is 40.9 Å². The van der Waals surface area contributed by atoms with Crippen LogP contribution in [0.15, 0.2) is 47.6 Å². The molecule has 3 nitrogen and oxygen atoms in total. The molecule has 0 unspecified atom stereocenters. The van der Waals surface area contributed by atoms with Gasteiger partial charge in [0.15, 0.2) is 0 Å². The molecule has 2 rings (SSSR count). The Morgan fingerprint density at radius 2 is 2.05 bits per heavy atom. The minimum atomic E-state index is 0.0386. The van der Waals surface area contributed by atoms with Crippen LogP contribution in [-0.4, -0.2) is 28.6 Å². The summed E-state index contributed by atoms with van der Waals surface area (Å²) in [4.78, 5) is 17.9. The largest absolute Gasteiger partial charge is 0.341 e. The van der Waals surface area contributed by atoms with Crippen LogP contribution in [0.3, 0.4) is 0 Å². The standard InChI is InChI=1S/C15H14Cl2N2OS/c1-19(9-11-5-6-12(16)13(17)8-11)15(20)10-21-14-4-2-3-7-18-14/h2-8H,9-10H2,1H3. The van der Waals surface area contributed by atoms with Gasteiger partial charge in [-0.05, 0) is 29.8 Å². The normalized spacial score (nSPS) is 10.4. The SMILES string of the molecule is CN(Cc1ccc(Cl)c(Cl)c1)C(=O)CSc1ccccn1. The van der Waals surface area contributed by atoms with Gasteiger partial charge in [0.25, 0.3) is 0 Å². The Morgan fingerprint density at radius 1 is 1.24 bits per heavy atom. The number of halogens is 2. The fourth-order valence-electron chi connectivity index (χ4n) is 1.68. The van der Waals surface area contributed by atoms with Gasteiger partial charge in [0.05, 0.1) is 20.8 Å². The van der Waals surface area contributed by atoms with E-state index in [1.54, 1.807) is 30.3 Å². The third kappa shape index (κ3) is 4.92. The Kier molecular flexibility index (Phi) is 5.91. The molecule has 6 heteroatoms. The summed E-state index contributed by atoms with van der Waals surface area (Å²) in [6, 6.07) is 11.0. The number of hydrogen-bond acceptors (Lipinski definition) is 3. The molecular weight excluding hydrogens is 327 g/mol.